The zero-order valence-corrected chi connectivity index (χ0v) is 8.34. The maximum absolute atomic E-state index is 11.0. The van der Waals surface area contributed by atoms with Gasteiger partial charge in [0.2, 0.25) is 0 Å². The molecule has 0 saturated carbocycles. The molecule has 74 valence electrons. The second-order valence-electron chi connectivity index (χ2n) is 3.22. The normalized spacial score (nSPS) is 9.93. The van der Waals surface area contributed by atoms with Crippen molar-refractivity contribution in [2.75, 3.05) is 0 Å². The van der Waals surface area contributed by atoms with Gasteiger partial charge in [-0.1, -0.05) is 30.3 Å². The van der Waals surface area contributed by atoms with Crippen molar-refractivity contribution in [1.29, 1.82) is 0 Å². The Kier molecular flexibility index (Phi) is 2.54. The number of benzene rings is 1. The maximum atomic E-state index is 11.0. The molecule has 0 spiro atoms. The second kappa shape index (κ2) is 4.00. The Balaban J connectivity index is 2.36. The number of hydrogen-bond acceptors (Lipinski definition) is 3. The lowest BCUT2D eigenvalue weighted by Crippen LogP contribution is -1.96. The summed E-state index contributed by atoms with van der Waals surface area (Å²) >= 11 is 0. The number of aromatic nitrogens is 2. The molecule has 2 aromatic rings. The molecule has 0 unspecified atom stereocenters. The molecule has 0 atom stereocenters. The average molecular weight is 198 g/mol. The van der Waals surface area contributed by atoms with Crippen LogP contribution in [0, 0.1) is 0 Å². The summed E-state index contributed by atoms with van der Waals surface area (Å²) in [5, 5.41) is 0. The van der Waals surface area contributed by atoms with E-state index < -0.39 is 0 Å². The third kappa shape index (κ3) is 2.07. The lowest BCUT2D eigenvalue weighted by Gasteiger charge is -1.99. The van der Waals surface area contributed by atoms with Crippen LogP contribution in [-0.2, 0) is 0 Å². The summed E-state index contributed by atoms with van der Waals surface area (Å²) in [4.78, 5) is 19.3. The standard InChI is InChI=1S/C12H10N2O/c1-9(15)11-7-13-12(14-8-11)10-5-3-2-4-6-10/h2-8H,1H3. The fourth-order valence-corrected chi connectivity index (χ4v) is 1.25. The number of carbonyl (C=O) groups is 1. The van der Waals surface area contributed by atoms with Crippen molar-refractivity contribution >= 4 is 5.78 Å². The summed E-state index contributed by atoms with van der Waals surface area (Å²) in [7, 11) is 0. The van der Waals surface area contributed by atoms with Gasteiger partial charge in [0.05, 0.1) is 5.56 Å². The van der Waals surface area contributed by atoms with E-state index in [1.807, 2.05) is 30.3 Å². The zero-order valence-electron chi connectivity index (χ0n) is 8.34. The van der Waals surface area contributed by atoms with Crippen LogP contribution in [0.5, 0.6) is 0 Å². The first-order chi connectivity index (χ1) is 7.27. The zero-order chi connectivity index (χ0) is 10.7. The van der Waals surface area contributed by atoms with Crippen molar-refractivity contribution in [1.82, 2.24) is 9.97 Å². The van der Waals surface area contributed by atoms with Crippen molar-refractivity contribution in [3.05, 3.63) is 48.3 Å². The van der Waals surface area contributed by atoms with Crippen LogP contribution in [0.2, 0.25) is 0 Å². The Hall–Kier alpha value is -2.03. The van der Waals surface area contributed by atoms with E-state index in [0.29, 0.717) is 11.4 Å². The Labute approximate surface area is 87.8 Å². The topological polar surface area (TPSA) is 42.9 Å². The highest BCUT2D eigenvalue weighted by atomic mass is 16.1. The van der Waals surface area contributed by atoms with Crippen LogP contribution < -0.4 is 0 Å². The van der Waals surface area contributed by atoms with Gasteiger partial charge in [-0.3, -0.25) is 4.79 Å². The number of Topliss-reactive ketones (excluding diaryl/α,β-unsaturated/α-hetero) is 1. The molecule has 1 heterocycles. The van der Waals surface area contributed by atoms with E-state index in [1.54, 1.807) is 12.4 Å². The van der Waals surface area contributed by atoms with Crippen molar-refractivity contribution in [3.63, 3.8) is 0 Å². The Morgan fingerprint density at radius 3 is 2.20 bits per heavy atom. The number of carbonyl (C=O) groups excluding carboxylic acids is 1. The van der Waals surface area contributed by atoms with Gasteiger partial charge in [0, 0.05) is 18.0 Å². The quantitative estimate of drug-likeness (QED) is 0.695. The molecule has 3 nitrogen and oxygen atoms in total. The molecule has 0 aliphatic rings. The Bertz CT molecular complexity index is 463. The minimum absolute atomic E-state index is 0.0189. The molecule has 2 rings (SSSR count). The molecule has 1 aromatic heterocycles. The van der Waals surface area contributed by atoms with Crippen molar-refractivity contribution in [2.24, 2.45) is 0 Å². The molecular weight excluding hydrogens is 188 g/mol. The van der Waals surface area contributed by atoms with E-state index >= 15 is 0 Å². The molecule has 15 heavy (non-hydrogen) atoms. The second-order valence-corrected chi connectivity index (χ2v) is 3.22. The number of ketones is 1. The van der Waals surface area contributed by atoms with E-state index in [9.17, 15) is 4.79 Å². The van der Waals surface area contributed by atoms with Crippen LogP contribution >= 0.6 is 0 Å². The summed E-state index contributed by atoms with van der Waals surface area (Å²) < 4.78 is 0. The number of hydrogen-bond donors (Lipinski definition) is 0. The van der Waals surface area contributed by atoms with Gasteiger partial charge in [-0.2, -0.15) is 0 Å². The highest BCUT2D eigenvalue weighted by Crippen LogP contribution is 2.13. The van der Waals surface area contributed by atoms with E-state index in [0.717, 1.165) is 5.56 Å². The summed E-state index contributed by atoms with van der Waals surface area (Å²) in [5.74, 6) is 0.621. The minimum Gasteiger partial charge on any atom is -0.294 e. The first-order valence-corrected chi connectivity index (χ1v) is 4.66. The first-order valence-electron chi connectivity index (χ1n) is 4.66. The fourth-order valence-electron chi connectivity index (χ4n) is 1.25. The first kappa shape index (κ1) is 9.52. The largest absolute Gasteiger partial charge is 0.294 e. The van der Waals surface area contributed by atoms with Crippen molar-refractivity contribution in [2.45, 2.75) is 6.92 Å². The predicted molar refractivity (Wildman–Crippen MR) is 57.5 cm³/mol. The van der Waals surface area contributed by atoms with Gasteiger partial charge < -0.3 is 0 Å². The molecule has 0 fully saturated rings. The van der Waals surface area contributed by atoms with Crippen molar-refractivity contribution < 1.29 is 4.79 Å². The molecule has 0 aliphatic carbocycles. The SMILES string of the molecule is CC(=O)c1cnc(-c2ccccc2)nc1. The monoisotopic (exact) mass is 198 g/mol. The van der Waals surface area contributed by atoms with Gasteiger partial charge in [-0.25, -0.2) is 9.97 Å². The molecule has 3 heteroatoms. The molecular formula is C12H10N2O. The third-order valence-electron chi connectivity index (χ3n) is 2.09. The molecule has 0 amide bonds. The fraction of sp³-hybridized carbons (Fsp3) is 0.0833. The predicted octanol–water partition coefficient (Wildman–Crippen LogP) is 2.35. The molecule has 0 saturated heterocycles. The van der Waals surface area contributed by atoms with E-state index in [2.05, 4.69) is 9.97 Å². The van der Waals surface area contributed by atoms with Gasteiger partial charge in [-0.05, 0) is 6.92 Å². The molecule has 0 radical (unpaired) electrons. The number of nitrogens with zero attached hydrogens (tertiary/aromatic N) is 2. The van der Waals surface area contributed by atoms with E-state index in [1.165, 1.54) is 6.92 Å². The van der Waals surface area contributed by atoms with Crippen LogP contribution in [0.15, 0.2) is 42.7 Å². The van der Waals surface area contributed by atoms with Gasteiger partial charge >= 0.3 is 0 Å². The highest BCUT2D eigenvalue weighted by molar-refractivity contribution is 5.93. The highest BCUT2D eigenvalue weighted by Gasteiger charge is 2.02. The Morgan fingerprint density at radius 1 is 1.07 bits per heavy atom. The van der Waals surface area contributed by atoms with Crippen LogP contribution in [-0.4, -0.2) is 15.8 Å². The number of rotatable bonds is 2. The van der Waals surface area contributed by atoms with Crippen LogP contribution in [0.25, 0.3) is 11.4 Å². The van der Waals surface area contributed by atoms with Crippen molar-refractivity contribution in [3.8, 4) is 11.4 Å². The molecule has 0 aliphatic heterocycles. The molecule has 0 N–H and O–H groups in total. The van der Waals surface area contributed by atoms with Crippen LogP contribution in [0.3, 0.4) is 0 Å². The lowest BCUT2D eigenvalue weighted by atomic mass is 10.2. The summed E-state index contributed by atoms with van der Waals surface area (Å²) in [6.07, 6.45) is 3.11. The summed E-state index contributed by atoms with van der Waals surface area (Å²) in [5.41, 5.74) is 1.49. The molecule has 1 aromatic carbocycles. The average Bonchev–Trinajstić information content (AvgIpc) is 2.30. The van der Waals surface area contributed by atoms with Crippen LogP contribution in [0.1, 0.15) is 17.3 Å². The van der Waals surface area contributed by atoms with E-state index in [4.69, 9.17) is 0 Å². The van der Waals surface area contributed by atoms with Gasteiger partial charge in [-0.15, -0.1) is 0 Å². The maximum Gasteiger partial charge on any atom is 0.162 e. The van der Waals surface area contributed by atoms with E-state index in [-0.39, 0.29) is 5.78 Å². The van der Waals surface area contributed by atoms with Gasteiger partial charge in [0.15, 0.2) is 11.6 Å². The van der Waals surface area contributed by atoms with Gasteiger partial charge in [0.1, 0.15) is 0 Å². The van der Waals surface area contributed by atoms with Gasteiger partial charge in [0.25, 0.3) is 0 Å². The Morgan fingerprint density at radius 2 is 1.67 bits per heavy atom. The minimum atomic E-state index is -0.0189. The summed E-state index contributed by atoms with van der Waals surface area (Å²) in [6, 6.07) is 9.66. The lowest BCUT2D eigenvalue weighted by molar-refractivity contribution is 0.101. The third-order valence-corrected chi connectivity index (χ3v) is 2.09. The molecule has 0 bridgehead atoms. The van der Waals surface area contributed by atoms with Crippen LogP contribution in [0.4, 0.5) is 0 Å². The summed E-state index contributed by atoms with van der Waals surface area (Å²) in [6.45, 7) is 1.50. The smallest absolute Gasteiger partial charge is 0.162 e.